The van der Waals surface area contributed by atoms with Crippen molar-refractivity contribution in [1.29, 1.82) is 0 Å². The highest BCUT2D eigenvalue weighted by atomic mass is 79.9. The van der Waals surface area contributed by atoms with Crippen molar-refractivity contribution in [3.05, 3.63) is 52.0 Å². The Morgan fingerprint density at radius 1 is 1.42 bits per heavy atom. The molecular formula is C19H17BrF2N4O4S. The average molecular weight is 515 g/mol. The van der Waals surface area contributed by atoms with Crippen LogP contribution in [0, 0.1) is 5.82 Å². The molecule has 2 N–H and O–H groups in total. The number of aromatic amines is 1. The number of alkyl halides is 1. The van der Waals surface area contributed by atoms with E-state index in [-0.39, 0.29) is 30.8 Å². The van der Waals surface area contributed by atoms with Gasteiger partial charge in [-0.25, -0.2) is 13.8 Å². The molecule has 164 valence electrons. The average Bonchev–Trinajstić information content (AvgIpc) is 3.35. The van der Waals surface area contributed by atoms with Gasteiger partial charge in [0.2, 0.25) is 5.78 Å². The summed E-state index contributed by atoms with van der Waals surface area (Å²) in [5.74, 6) is -1.87. The number of ketones is 1. The molecule has 1 fully saturated rings. The Hall–Kier alpha value is -2.57. The molecule has 3 heterocycles. The first-order valence-electron chi connectivity index (χ1n) is 9.17. The normalized spacial score (nSPS) is 17.2. The molecule has 3 aromatic rings. The number of carbonyl (C=O) groups excluding carboxylic acids is 1. The minimum Gasteiger partial charge on any atom is -0.496 e. The number of methoxy groups -OCH3 is 1. The minimum absolute atomic E-state index is 0.0166. The van der Waals surface area contributed by atoms with Crippen LogP contribution in [0.4, 0.5) is 14.5 Å². The number of hydrogen-bond acceptors (Lipinski definition) is 5. The summed E-state index contributed by atoms with van der Waals surface area (Å²) >= 11 is 3.29. The van der Waals surface area contributed by atoms with Gasteiger partial charge in [0.15, 0.2) is 5.82 Å². The molecule has 1 saturated heterocycles. The number of benzene rings is 1. The van der Waals surface area contributed by atoms with Gasteiger partial charge in [0.25, 0.3) is 0 Å². The number of pyridine rings is 1. The zero-order valence-corrected chi connectivity index (χ0v) is 18.6. The highest BCUT2D eigenvalue weighted by Gasteiger charge is 2.33. The third-order valence-corrected chi connectivity index (χ3v) is 6.89. The Kier molecular flexibility index (Phi) is 5.71. The van der Waals surface area contributed by atoms with Gasteiger partial charge in [-0.15, -0.1) is 0 Å². The van der Waals surface area contributed by atoms with Crippen LogP contribution in [-0.4, -0.2) is 54.8 Å². The summed E-state index contributed by atoms with van der Waals surface area (Å²) in [6.45, 7) is -0.326. The molecular weight excluding hydrogens is 498 g/mol. The van der Waals surface area contributed by atoms with E-state index in [9.17, 15) is 17.6 Å². The Morgan fingerprint density at radius 2 is 2.19 bits per heavy atom. The van der Waals surface area contributed by atoms with Crippen LogP contribution < -0.4 is 9.46 Å². The maximum absolute atomic E-state index is 15.4. The monoisotopic (exact) mass is 514 g/mol. The summed E-state index contributed by atoms with van der Waals surface area (Å²) in [5.41, 5.74) is -0.308. The van der Waals surface area contributed by atoms with E-state index in [1.54, 1.807) is 12.3 Å². The maximum Gasteiger partial charge on any atom is 0.301 e. The van der Waals surface area contributed by atoms with Crippen molar-refractivity contribution in [2.75, 3.05) is 24.9 Å². The molecule has 8 nitrogen and oxygen atoms in total. The van der Waals surface area contributed by atoms with Crippen molar-refractivity contribution in [3.63, 3.8) is 0 Å². The topological polar surface area (TPSA) is 104 Å². The largest absolute Gasteiger partial charge is 0.496 e. The van der Waals surface area contributed by atoms with Gasteiger partial charge in [-0.2, -0.15) is 12.7 Å². The van der Waals surface area contributed by atoms with E-state index in [0.29, 0.717) is 15.5 Å². The zero-order valence-electron chi connectivity index (χ0n) is 16.2. The fourth-order valence-electron chi connectivity index (χ4n) is 3.43. The van der Waals surface area contributed by atoms with E-state index in [4.69, 9.17) is 4.74 Å². The van der Waals surface area contributed by atoms with E-state index in [2.05, 4.69) is 30.6 Å². The number of fused-ring (bicyclic) bond motifs is 1. The fourth-order valence-corrected chi connectivity index (χ4v) is 5.03. The van der Waals surface area contributed by atoms with E-state index < -0.39 is 39.2 Å². The van der Waals surface area contributed by atoms with Crippen LogP contribution in [0.2, 0.25) is 0 Å². The fraction of sp³-hybridized carbons (Fsp3) is 0.263. The molecule has 0 saturated carbocycles. The van der Waals surface area contributed by atoms with E-state index >= 15 is 4.39 Å². The Labute approximate surface area is 184 Å². The third-order valence-electron chi connectivity index (χ3n) is 4.97. The van der Waals surface area contributed by atoms with Crippen molar-refractivity contribution < 1.29 is 26.7 Å². The molecule has 0 spiro atoms. The van der Waals surface area contributed by atoms with Gasteiger partial charge in [-0.1, -0.05) is 0 Å². The summed E-state index contributed by atoms with van der Waals surface area (Å²) < 4.78 is 62.6. The molecule has 2 aromatic heterocycles. The second-order valence-corrected chi connectivity index (χ2v) is 9.52. The number of halogens is 3. The molecule has 0 radical (unpaired) electrons. The quantitative estimate of drug-likeness (QED) is 0.490. The van der Waals surface area contributed by atoms with Gasteiger partial charge >= 0.3 is 10.2 Å². The number of rotatable bonds is 6. The molecule has 1 unspecified atom stereocenters. The number of ether oxygens (including phenoxy) is 1. The number of nitrogens with one attached hydrogen (secondary N) is 2. The lowest BCUT2D eigenvalue weighted by atomic mass is 10.0. The van der Waals surface area contributed by atoms with Gasteiger partial charge in [0, 0.05) is 40.9 Å². The summed E-state index contributed by atoms with van der Waals surface area (Å²) in [6.07, 6.45) is 1.74. The molecule has 4 rings (SSSR count). The van der Waals surface area contributed by atoms with Crippen LogP contribution in [0.3, 0.4) is 0 Å². The number of anilines is 1. The third kappa shape index (κ3) is 4.02. The van der Waals surface area contributed by atoms with Crippen molar-refractivity contribution in [1.82, 2.24) is 14.3 Å². The second kappa shape index (κ2) is 8.17. The molecule has 31 heavy (non-hydrogen) atoms. The highest BCUT2D eigenvalue weighted by Crippen LogP contribution is 2.33. The van der Waals surface area contributed by atoms with Crippen molar-refractivity contribution in [2.45, 2.75) is 12.6 Å². The van der Waals surface area contributed by atoms with Gasteiger partial charge in [0.05, 0.1) is 12.8 Å². The standard InChI is InChI=1S/C19H17BrF2N4O4S/c1-30-15-3-2-14(25-31(28,29)26-5-4-11(21)9-26)17(22)16(15)18(27)13-8-24-19-12(13)6-10(20)7-23-19/h2-3,6-8,11,25H,4-5,9H2,1H3,(H,23,24). The summed E-state index contributed by atoms with van der Waals surface area (Å²) in [5, 5.41) is 0.456. The molecule has 1 atom stereocenters. The molecule has 0 amide bonds. The Bertz CT molecular complexity index is 1280. The Balaban J connectivity index is 1.75. The predicted molar refractivity (Wildman–Crippen MR) is 114 cm³/mol. The lowest BCUT2D eigenvalue weighted by molar-refractivity contribution is 0.103. The van der Waals surface area contributed by atoms with Crippen LogP contribution in [-0.2, 0) is 10.2 Å². The first-order valence-corrected chi connectivity index (χ1v) is 11.4. The van der Waals surface area contributed by atoms with Gasteiger partial charge < -0.3 is 9.72 Å². The van der Waals surface area contributed by atoms with Crippen molar-refractivity contribution >= 4 is 48.6 Å². The Morgan fingerprint density at radius 3 is 2.87 bits per heavy atom. The first-order chi connectivity index (χ1) is 14.7. The minimum atomic E-state index is -4.20. The maximum atomic E-state index is 15.4. The molecule has 1 aliphatic rings. The van der Waals surface area contributed by atoms with Gasteiger partial charge in [0.1, 0.15) is 23.1 Å². The summed E-state index contributed by atoms with van der Waals surface area (Å²) in [6, 6.07) is 4.10. The van der Waals surface area contributed by atoms with E-state index in [1.807, 2.05) is 0 Å². The van der Waals surface area contributed by atoms with Gasteiger partial charge in [-0.05, 0) is 40.5 Å². The van der Waals surface area contributed by atoms with Crippen LogP contribution in [0.1, 0.15) is 22.3 Å². The summed E-state index contributed by atoms with van der Waals surface area (Å²) in [4.78, 5) is 20.2. The zero-order chi connectivity index (χ0) is 22.3. The molecule has 1 aliphatic heterocycles. The molecule has 0 bridgehead atoms. The SMILES string of the molecule is COc1ccc(NS(=O)(=O)N2CCC(F)C2)c(F)c1C(=O)c1c[nH]c2ncc(Br)cc12. The van der Waals surface area contributed by atoms with Crippen molar-refractivity contribution in [3.8, 4) is 5.75 Å². The smallest absolute Gasteiger partial charge is 0.301 e. The number of aromatic nitrogens is 2. The number of nitrogens with zero attached hydrogens (tertiary/aromatic N) is 2. The van der Waals surface area contributed by atoms with Crippen LogP contribution >= 0.6 is 15.9 Å². The lowest BCUT2D eigenvalue weighted by Crippen LogP contribution is -2.34. The highest BCUT2D eigenvalue weighted by molar-refractivity contribution is 9.10. The molecule has 12 heteroatoms. The van der Waals surface area contributed by atoms with E-state index in [1.165, 1.54) is 19.4 Å². The van der Waals surface area contributed by atoms with Crippen LogP contribution in [0.15, 0.2) is 35.1 Å². The first kappa shape index (κ1) is 21.7. The van der Waals surface area contributed by atoms with Crippen LogP contribution in [0.5, 0.6) is 5.75 Å². The molecule has 0 aliphatic carbocycles. The van der Waals surface area contributed by atoms with Crippen molar-refractivity contribution in [2.24, 2.45) is 0 Å². The number of hydrogen-bond donors (Lipinski definition) is 2. The molecule has 1 aromatic carbocycles. The van der Waals surface area contributed by atoms with E-state index in [0.717, 1.165) is 10.4 Å². The van der Waals surface area contributed by atoms with Crippen LogP contribution in [0.25, 0.3) is 11.0 Å². The number of carbonyl (C=O) groups is 1. The second-order valence-electron chi connectivity index (χ2n) is 6.94. The summed E-state index contributed by atoms with van der Waals surface area (Å²) in [7, 11) is -2.92. The van der Waals surface area contributed by atoms with Gasteiger partial charge in [-0.3, -0.25) is 9.52 Å². The predicted octanol–water partition coefficient (Wildman–Crippen LogP) is 3.40. The lowest BCUT2D eigenvalue weighted by Gasteiger charge is -2.18. The number of H-pyrrole nitrogens is 1.